The molecule has 0 atom stereocenters. The molecule has 0 aliphatic carbocycles. The van der Waals surface area contributed by atoms with Crippen molar-refractivity contribution in [2.24, 2.45) is 5.73 Å². The molecule has 5 N–H and O–H groups in total. The van der Waals surface area contributed by atoms with Crippen LogP contribution in [0.2, 0.25) is 0 Å². The molecular formula is C19H22N8O. The van der Waals surface area contributed by atoms with Crippen molar-refractivity contribution in [3.8, 4) is 22.6 Å². The van der Waals surface area contributed by atoms with Crippen LogP contribution in [0.15, 0.2) is 36.5 Å². The monoisotopic (exact) mass is 378 g/mol. The lowest BCUT2D eigenvalue weighted by molar-refractivity contribution is 0.0995. The molecule has 1 aliphatic rings. The minimum absolute atomic E-state index is 0.123. The highest BCUT2D eigenvalue weighted by molar-refractivity contribution is 5.92. The molecule has 1 amide bonds. The number of aromatic amines is 1. The summed E-state index contributed by atoms with van der Waals surface area (Å²) in [7, 11) is 2.14. The predicted octanol–water partition coefficient (Wildman–Crippen LogP) is 0.967. The van der Waals surface area contributed by atoms with Crippen LogP contribution < -0.4 is 16.4 Å². The van der Waals surface area contributed by atoms with Gasteiger partial charge in [-0.05, 0) is 25.2 Å². The lowest BCUT2D eigenvalue weighted by Crippen LogP contribution is -2.44. The van der Waals surface area contributed by atoms with Gasteiger partial charge in [-0.1, -0.05) is 12.1 Å². The van der Waals surface area contributed by atoms with Crippen LogP contribution in [0.25, 0.3) is 22.6 Å². The average molecular weight is 378 g/mol. The van der Waals surface area contributed by atoms with E-state index in [2.05, 4.69) is 49.1 Å². The average Bonchev–Trinajstić information content (AvgIpc) is 3.20. The number of likely N-dealkylation sites (N-methyl/N-ethyl adjacent to an activating group) is 1. The smallest absolute Gasteiger partial charge is 0.269 e. The van der Waals surface area contributed by atoms with Gasteiger partial charge in [-0.2, -0.15) is 5.10 Å². The molecule has 0 unspecified atom stereocenters. The zero-order valence-corrected chi connectivity index (χ0v) is 15.6. The summed E-state index contributed by atoms with van der Waals surface area (Å²) in [6, 6.07) is 9.77. The molecule has 1 aliphatic heterocycles. The quantitative estimate of drug-likeness (QED) is 0.616. The summed E-state index contributed by atoms with van der Waals surface area (Å²) < 4.78 is 0. The number of rotatable bonds is 4. The van der Waals surface area contributed by atoms with Gasteiger partial charge in [-0.25, -0.2) is 9.97 Å². The van der Waals surface area contributed by atoms with Crippen LogP contribution in [-0.4, -0.2) is 64.2 Å². The Kier molecular flexibility index (Phi) is 4.66. The van der Waals surface area contributed by atoms with Crippen molar-refractivity contribution in [1.82, 2.24) is 25.1 Å². The SMILES string of the molecule is CN1CCN(c2ccc(-c3cnc(N)c(-c4cc(C(N)=O)n[nH]4)n3)cc2)CC1. The Labute approximate surface area is 162 Å². The van der Waals surface area contributed by atoms with Gasteiger partial charge in [-0.15, -0.1) is 0 Å². The number of nitrogen functional groups attached to an aromatic ring is 1. The summed E-state index contributed by atoms with van der Waals surface area (Å²) in [5, 5.41) is 6.61. The Morgan fingerprint density at radius 1 is 1.14 bits per heavy atom. The number of anilines is 2. The maximum absolute atomic E-state index is 11.3. The Hall–Kier alpha value is -3.46. The van der Waals surface area contributed by atoms with E-state index in [0.29, 0.717) is 17.1 Å². The third-order valence-electron chi connectivity index (χ3n) is 4.92. The van der Waals surface area contributed by atoms with Gasteiger partial charge in [0.05, 0.1) is 17.6 Å². The molecule has 0 spiro atoms. The van der Waals surface area contributed by atoms with Crippen LogP contribution >= 0.6 is 0 Å². The van der Waals surface area contributed by atoms with Crippen molar-refractivity contribution in [3.05, 3.63) is 42.2 Å². The number of H-pyrrole nitrogens is 1. The van der Waals surface area contributed by atoms with Gasteiger partial charge in [0, 0.05) is 37.4 Å². The molecule has 1 fully saturated rings. The number of amides is 1. The van der Waals surface area contributed by atoms with E-state index >= 15 is 0 Å². The maximum atomic E-state index is 11.3. The zero-order chi connectivity index (χ0) is 19.7. The van der Waals surface area contributed by atoms with Gasteiger partial charge in [0.15, 0.2) is 5.82 Å². The molecule has 0 saturated carbocycles. The maximum Gasteiger partial charge on any atom is 0.269 e. The molecule has 1 aromatic carbocycles. The molecule has 3 aromatic rings. The summed E-state index contributed by atoms with van der Waals surface area (Å²) in [4.78, 5) is 24.8. The van der Waals surface area contributed by atoms with Crippen molar-refractivity contribution in [1.29, 1.82) is 0 Å². The van der Waals surface area contributed by atoms with Gasteiger partial charge < -0.3 is 21.3 Å². The zero-order valence-electron chi connectivity index (χ0n) is 15.6. The van der Waals surface area contributed by atoms with E-state index in [9.17, 15) is 4.79 Å². The number of nitrogens with one attached hydrogen (secondary N) is 1. The fraction of sp³-hybridized carbons (Fsp3) is 0.263. The van der Waals surface area contributed by atoms with Crippen molar-refractivity contribution in [2.75, 3.05) is 43.9 Å². The number of hydrogen-bond acceptors (Lipinski definition) is 7. The second kappa shape index (κ2) is 7.28. The minimum Gasteiger partial charge on any atom is -0.382 e. The molecule has 0 bridgehead atoms. The Morgan fingerprint density at radius 2 is 1.86 bits per heavy atom. The molecule has 9 heteroatoms. The summed E-state index contributed by atoms with van der Waals surface area (Å²) in [6.45, 7) is 4.16. The molecule has 0 radical (unpaired) electrons. The predicted molar refractivity (Wildman–Crippen MR) is 108 cm³/mol. The number of benzene rings is 1. The Bertz CT molecular complexity index is 989. The highest BCUT2D eigenvalue weighted by Crippen LogP contribution is 2.27. The number of hydrogen-bond donors (Lipinski definition) is 3. The number of piperazine rings is 1. The highest BCUT2D eigenvalue weighted by Gasteiger charge is 2.16. The van der Waals surface area contributed by atoms with E-state index < -0.39 is 5.91 Å². The lowest BCUT2D eigenvalue weighted by atomic mass is 10.1. The lowest BCUT2D eigenvalue weighted by Gasteiger charge is -2.34. The molecule has 9 nitrogen and oxygen atoms in total. The van der Waals surface area contributed by atoms with Crippen molar-refractivity contribution in [3.63, 3.8) is 0 Å². The van der Waals surface area contributed by atoms with Gasteiger partial charge in [-0.3, -0.25) is 9.89 Å². The fourth-order valence-electron chi connectivity index (χ4n) is 3.21. The van der Waals surface area contributed by atoms with E-state index in [1.807, 2.05) is 12.1 Å². The van der Waals surface area contributed by atoms with E-state index in [4.69, 9.17) is 11.5 Å². The van der Waals surface area contributed by atoms with Gasteiger partial charge in [0.2, 0.25) is 0 Å². The standard InChI is InChI=1S/C19H22N8O/c1-26-6-8-27(9-7-26)13-4-2-12(3-5-13)16-11-22-18(20)17(23-16)14-10-15(19(21)28)25-24-14/h2-5,10-11H,6-9H2,1H3,(H2,20,22)(H2,21,28)(H,24,25). The summed E-state index contributed by atoms with van der Waals surface area (Å²) >= 11 is 0. The molecule has 2 aromatic heterocycles. The van der Waals surface area contributed by atoms with E-state index in [1.165, 1.54) is 11.8 Å². The van der Waals surface area contributed by atoms with Crippen LogP contribution in [0.1, 0.15) is 10.5 Å². The molecule has 4 rings (SSSR count). The first kappa shape index (κ1) is 17.9. The van der Waals surface area contributed by atoms with Gasteiger partial charge >= 0.3 is 0 Å². The normalized spacial score (nSPS) is 15.0. The molecule has 1 saturated heterocycles. The number of carbonyl (C=O) groups excluding carboxylic acids is 1. The summed E-state index contributed by atoms with van der Waals surface area (Å²) in [5.41, 5.74) is 15.1. The van der Waals surface area contributed by atoms with Gasteiger partial charge in [0.25, 0.3) is 5.91 Å². The second-order valence-electron chi connectivity index (χ2n) is 6.86. The number of carbonyl (C=O) groups is 1. The first-order chi connectivity index (χ1) is 13.5. The van der Waals surface area contributed by atoms with Crippen molar-refractivity contribution < 1.29 is 4.79 Å². The van der Waals surface area contributed by atoms with Crippen LogP contribution in [0, 0.1) is 0 Å². The number of nitrogens with zero attached hydrogens (tertiary/aromatic N) is 5. The van der Waals surface area contributed by atoms with Crippen LogP contribution in [0.4, 0.5) is 11.5 Å². The summed E-state index contributed by atoms with van der Waals surface area (Å²) in [5.74, 6) is -0.373. The third-order valence-corrected chi connectivity index (χ3v) is 4.92. The molecular weight excluding hydrogens is 356 g/mol. The fourth-order valence-corrected chi connectivity index (χ4v) is 3.21. The minimum atomic E-state index is -0.621. The van der Waals surface area contributed by atoms with Crippen LogP contribution in [0.3, 0.4) is 0 Å². The summed E-state index contributed by atoms with van der Waals surface area (Å²) in [6.07, 6.45) is 1.63. The van der Waals surface area contributed by atoms with E-state index in [-0.39, 0.29) is 11.5 Å². The molecule has 3 heterocycles. The molecule has 28 heavy (non-hydrogen) atoms. The largest absolute Gasteiger partial charge is 0.382 e. The van der Waals surface area contributed by atoms with Crippen LogP contribution in [-0.2, 0) is 0 Å². The number of primary amides is 1. The second-order valence-corrected chi connectivity index (χ2v) is 6.86. The highest BCUT2D eigenvalue weighted by atomic mass is 16.1. The Balaban J connectivity index is 1.60. The Morgan fingerprint density at radius 3 is 2.50 bits per heavy atom. The topological polar surface area (TPSA) is 130 Å². The number of aromatic nitrogens is 4. The van der Waals surface area contributed by atoms with Crippen molar-refractivity contribution >= 4 is 17.4 Å². The first-order valence-corrected chi connectivity index (χ1v) is 9.03. The first-order valence-electron chi connectivity index (χ1n) is 9.03. The van der Waals surface area contributed by atoms with Gasteiger partial charge in [0.1, 0.15) is 11.4 Å². The van der Waals surface area contributed by atoms with Crippen molar-refractivity contribution in [2.45, 2.75) is 0 Å². The number of nitrogens with two attached hydrogens (primary N) is 2. The van der Waals surface area contributed by atoms with E-state index in [1.54, 1.807) is 6.20 Å². The van der Waals surface area contributed by atoms with Crippen LogP contribution in [0.5, 0.6) is 0 Å². The molecule has 144 valence electrons. The third kappa shape index (κ3) is 3.52. The van der Waals surface area contributed by atoms with E-state index in [0.717, 1.165) is 31.7 Å².